The van der Waals surface area contributed by atoms with E-state index in [-0.39, 0.29) is 0 Å². The summed E-state index contributed by atoms with van der Waals surface area (Å²) in [5, 5.41) is 0. The maximum Gasteiger partial charge on any atom is 0.241 e. The molecule has 1 aromatic heterocycles. The first-order chi connectivity index (χ1) is 5.68. The van der Waals surface area contributed by atoms with Crippen molar-refractivity contribution in [2.45, 2.75) is 6.92 Å². The number of carbonyl (C=O) groups excluding carboxylic acids is 1. The summed E-state index contributed by atoms with van der Waals surface area (Å²) in [5.41, 5.74) is 6.77. The van der Waals surface area contributed by atoms with E-state index in [4.69, 9.17) is 5.73 Å². The van der Waals surface area contributed by atoms with Crippen LogP contribution in [0.5, 0.6) is 0 Å². The van der Waals surface area contributed by atoms with Crippen LogP contribution in [0.2, 0.25) is 0 Å². The van der Waals surface area contributed by atoms with Gasteiger partial charge >= 0.3 is 0 Å². The highest BCUT2D eigenvalue weighted by Gasteiger charge is 1.89. The number of nitrogens with zero attached hydrogens (tertiary/aromatic N) is 1. The summed E-state index contributed by atoms with van der Waals surface area (Å²) in [4.78, 5) is 14.4. The normalized spacial score (nSPS) is 10.4. The molecule has 0 aliphatic carbocycles. The highest BCUT2D eigenvalue weighted by Crippen LogP contribution is 2.01. The lowest BCUT2D eigenvalue weighted by molar-refractivity contribution is -0.113. The van der Waals surface area contributed by atoms with Gasteiger partial charge in [-0.15, -0.1) is 0 Å². The lowest BCUT2D eigenvalue weighted by Crippen LogP contribution is -2.05. The fraction of sp³-hybridized carbons (Fsp3) is 0.111. The van der Waals surface area contributed by atoms with Crippen molar-refractivity contribution >= 4 is 12.0 Å². The Morgan fingerprint density at radius 1 is 1.67 bits per heavy atom. The highest BCUT2D eigenvalue weighted by molar-refractivity contribution is 5.89. The molecule has 0 spiro atoms. The summed E-state index contributed by atoms with van der Waals surface area (Å²) in [6.07, 6.45) is 4.58. The van der Waals surface area contributed by atoms with Gasteiger partial charge in [-0.1, -0.05) is 0 Å². The van der Waals surface area contributed by atoms with E-state index >= 15 is 0 Å². The zero-order chi connectivity index (χ0) is 8.97. The topological polar surface area (TPSA) is 56.0 Å². The molecule has 3 nitrogen and oxygen atoms in total. The average molecular weight is 162 g/mol. The van der Waals surface area contributed by atoms with Gasteiger partial charge in [-0.05, 0) is 30.7 Å². The summed E-state index contributed by atoms with van der Waals surface area (Å²) in [5.74, 6) is -0.460. The molecule has 0 aromatic carbocycles. The number of primary amides is 1. The van der Waals surface area contributed by atoms with Crippen LogP contribution in [-0.2, 0) is 4.79 Å². The van der Waals surface area contributed by atoms with Crippen molar-refractivity contribution in [3.63, 3.8) is 0 Å². The number of carbonyl (C=O) groups is 1. The van der Waals surface area contributed by atoms with Crippen LogP contribution in [0.3, 0.4) is 0 Å². The van der Waals surface area contributed by atoms with Crippen LogP contribution in [0.25, 0.3) is 6.08 Å². The molecular formula is C9H10N2O. The molecule has 0 bridgehead atoms. The van der Waals surface area contributed by atoms with Gasteiger partial charge in [-0.2, -0.15) is 0 Å². The first-order valence-corrected chi connectivity index (χ1v) is 3.58. The van der Waals surface area contributed by atoms with Crippen molar-refractivity contribution < 1.29 is 4.79 Å². The highest BCUT2D eigenvalue weighted by atomic mass is 16.1. The standard InChI is InChI=1S/C9H10N2O/c1-7-4-5-11-8(6-7)2-3-9(10)12/h2-6H,1H3,(H2,10,12). The van der Waals surface area contributed by atoms with E-state index in [0.717, 1.165) is 11.3 Å². The summed E-state index contributed by atoms with van der Waals surface area (Å²) in [6, 6.07) is 3.76. The minimum atomic E-state index is -0.460. The number of aryl methyl sites for hydroxylation is 1. The first-order valence-electron chi connectivity index (χ1n) is 3.58. The third-order valence-corrected chi connectivity index (χ3v) is 1.35. The zero-order valence-corrected chi connectivity index (χ0v) is 6.82. The molecule has 62 valence electrons. The molecule has 3 heteroatoms. The van der Waals surface area contributed by atoms with Crippen LogP contribution < -0.4 is 5.73 Å². The molecule has 0 fully saturated rings. The van der Waals surface area contributed by atoms with Crippen LogP contribution in [0.1, 0.15) is 11.3 Å². The number of amides is 1. The Balaban J connectivity index is 2.83. The van der Waals surface area contributed by atoms with Crippen LogP contribution in [-0.4, -0.2) is 10.9 Å². The number of pyridine rings is 1. The molecular weight excluding hydrogens is 152 g/mol. The maximum absolute atomic E-state index is 10.4. The van der Waals surface area contributed by atoms with Gasteiger partial charge in [-0.3, -0.25) is 9.78 Å². The zero-order valence-electron chi connectivity index (χ0n) is 6.82. The lowest BCUT2D eigenvalue weighted by atomic mass is 10.2. The smallest absolute Gasteiger partial charge is 0.241 e. The average Bonchev–Trinajstić information content (AvgIpc) is 2.01. The Labute approximate surface area is 70.9 Å². The SMILES string of the molecule is Cc1ccnc(C=CC(N)=O)c1. The summed E-state index contributed by atoms with van der Waals surface area (Å²) in [6.45, 7) is 1.96. The molecule has 2 N–H and O–H groups in total. The molecule has 0 aliphatic heterocycles. The van der Waals surface area contributed by atoms with Gasteiger partial charge in [0.25, 0.3) is 0 Å². The molecule has 1 rings (SSSR count). The van der Waals surface area contributed by atoms with Crippen LogP contribution >= 0.6 is 0 Å². The van der Waals surface area contributed by atoms with Gasteiger partial charge in [0.1, 0.15) is 0 Å². The van der Waals surface area contributed by atoms with Crippen LogP contribution in [0.15, 0.2) is 24.4 Å². The second-order valence-corrected chi connectivity index (χ2v) is 2.49. The maximum atomic E-state index is 10.4. The van der Waals surface area contributed by atoms with Crippen LogP contribution in [0.4, 0.5) is 0 Å². The van der Waals surface area contributed by atoms with Gasteiger partial charge in [0.15, 0.2) is 0 Å². The number of hydrogen-bond donors (Lipinski definition) is 1. The molecule has 0 radical (unpaired) electrons. The molecule has 0 atom stereocenters. The van der Waals surface area contributed by atoms with Crippen molar-refractivity contribution in [3.05, 3.63) is 35.7 Å². The monoisotopic (exact) mass is 162 g/mol. The van der Waals surface area contributed by atoms with E-state index in [1.807, 2.05) is 19.1 Å². The van der Waals surface area contributed by atoms with E-state index in [9.17, 15) is 4.79 Å². The molecule has 0 saturated heterocycles. The van der Waals surface area contributed by atoms with E-state index in [0.29, 0.717) is 0 Å². The molecule has 1 amide bonds. The van der Waals surface area contributed by atoms with Gasteiger partial charge in [0.2, 0.25) is 5.91 Å². The first kappa shape index (κ1) is 8.46. The Bertz CT molecular complexity index is 318. The third kappa shape index (κ3) is 2.54. The number of rotatable bonds is 2. The second-order valence-electron chi connectivity index (χ2n) is 2.49. The van der Waals surface area contributed by atoms with E-state index in [1.54, 1.807) is 12.3 Å². The Morgan fingerprint density at radius 2 is 2.42 bits per heavy atom. The molecule has 12 heavy (non-hydrogen) atoms. The van der Waals surface area contributed by atoms with Gasteiger partial charge in [0, 0.05) is 12.3 Å². The summed E-state index contributed by atoms with van der Waals surface area (Å²) in [7, 11) is 0. The van der Waals surface area contributed by atoms with E-state index < -0.39 is 5.91 Å². The molecule has 1 aromatic rings. The number of nitrogens with two attached hydrogens (primary N) is 1. The predicted octanol–water partition coefficient (Wildman–Crippen LogP) is 0.889. The molecule has 1 heterocycles. The van der Waals surface area contributed by atoms with Crippen molar-refractivity contribution in [2.24, 2.45) is 5.73 Å². The Hall–Kier alpha value is -1.64. The largest absolute Gasteiger partial charge is 0.366 e. The van der Waals surface area contributed by atoms with Crippen molar-refractivity contribution in [3.8, 4) is 0 Å². The lowest BCUT2D eigenvalue weighted by Gasteiger charge is -1.92. The minimum Gasteiger partial charge on any atom is -0.366 e. The van der Waals surface area contributed by atoms with E-state index in [1.165, 1.54) is 6.08 Å². The molecule has 0 unspecified atom stereocenters. The quantitative estimate of drug-likeness (QED) is 0.656. The fourth-order valence-electron chi connectivity index (χ4n) is 0.818. The molecule has 0 saturated carbocycles. The van der Waals surface area contributed by atoms with Gasteiger partial charge < -0.3 is 5.73 Å². The van der Waals surface area contributed by atoms with Crippen molar-refractivity contribution in [1.82, 2.24) is 4.98 Å². The fourth-order valence-corrected chi connectivity index (χ4v) is 0.818. The second kappa shape index (κ2) is 3.67. The minimum absolute atomic E-state index is 0.460. The van der Waals surface area contributed by atoms with Crippen molar-refractivity contribution in [2.75, 3.05) is 0 Å². The van der Waals surface area contributed by atoms with Crippen LogP contribution in [0, 0.1) is 6.92 Å². The number of aromatic nitrogens is 1. The third-order valence-electron chi connectivity index (χ3n) is 1.35. The van der Waals surface area contributed by atoms with E-state index in [2.05, 4.69) is 4.98 Å². The predicted molar refractivity (Wildman–Crippen MR) is 47.2 cm³/mol. The van der Waals surface area contributed by atoms with Gasteiger partial charge in [-0.25, -0.2) is 0 Å². The summed E-state index contributed by atoms with van der Waals surface area (Å²) >= 11 is 0. The Morgan fingerprint density at radius 3 is 3.00 bits per heavy atom. The Kier molecular flexibility index (Phi) is 2.58. The number of hydrogen-bond acceptors (Lipinski definition) is 2. The molecule has 0 aliphatic rings. The van der Waals surface area contributed by atoms with Crippen molar-refractivity contribution in [1.29, 1.82) is 0 Å². The van der Waals surface area contributed by atoms with Gasteiger partial charge in [0.05, 0.1) is 5.69 Å². The summed E-state index contributed by atoms with van der Waals surface area (Å²) < 4.78 is 0.